The molecule has 1 aromatic carbocycles. The van der Waals surface area contributed by atoms with Gasteiger partial charge in [0.25, 0.3) is 0 Å². The van der Waals surface area contributed by atoms with Crippen molar-refractivity contribution in [2.45, 2.75) is 13.3 Å². The Balaban J connectivity index is 2.59. The maximum atomic E-state index is 12.8. The lowest BCUT2D eigenvalue weighted by Gasteiger charge is -2.08. The van der Waals surface area contributed by atoms with Gasteiger partial charge in [-0.15, -0.1) is 0 Å². The molecule has 2 aromatic rings. The van der Waals surface area contributed by atoms with Crippen LogP contribution in [0.4, 0.5) is 4.39 Å². The first-order valence-electron chi connectivity index (χ1n) is 5.19. The smallest absolute Gasteiger partial charge is 0.354 e. The molecular weight excluding hydrogens is 223 g/mol. The maximum Gasteiger partial charge on any atom is 0.354 e. The summed E-state index contributed by atoms with van der Waals surface area (Å²) in [6, 6.07) is 5.64. The van der Waals surface area contributed by atoms with E-state index in [0.717, 1.165) is 0 Å². The minimum atomic E-state index is -1.05. The lowest BCUT2D eigenvalue weighted by atomic mass is 10.3. The lowest BCUT2D eigenvalue weighted by Crippen LogP contribution is -2.09. The predicted octanol–water partition coefficient (Wildman–Crippen LogP) is 2.27. The number of benzene rings is 1. The quantitative estimate of drug-likeness (QED) is 0.886. The summed E-state index contributed by atoms with van der Waals surface area (Å²) in [5, 5.41) is 9.06. The molecule has 0 aliphatic carbocycles. The Morgan fingerprint density at radius 1 is 1.41 bits per heavy atom. The summed E-state index contributed by atoms with van der Waals surface area (Å²) in [4.78, 5) is 15.1. The van der Waals surface area contributed by atoms with Gasteiger partial charge in [-0.1, -0.05) is 6.92 Å². The molecule has 0 saturated heterocycles. The van der Waals surface area contributed by atoms with E-state index in [1.165, 1.54) is 35.0 Å². The number of carboxylic acids is 1. The van der Waals surface area contributed by atoms with Crippen LogP contribution in [-0.2, 0) is 6.42 Å². The SMILES string of the molecule is CCc1ncc(C(=O)O)n1-c1ccc(F)cc1. The van der Waals surface area contributed by atoms with Crippen molar-refractivity contribution in [1.82, 2.24) is 9.55 Å². The Hall–Kier alpha value is -2.17. The highest BCUT2D eigenvalue weighted by atomic mass is 19.1. The fourth-order valence-electron chi connectivity index (χ4n) is 1.67. The third kappa shape index (κ3) is 2.04. The molecule has 0 radical (unpaired) electrons. The molecule has 17 heavy (non-hydrogen) atoms. The van der Waals surface area contributed by atoms with Gasteiger partial charge in [0.1, 0.15) is 11.6 Å². The van der Waals surface area contributed by atoms with Crippen LogP contribution < -0.4 is 0 Å². The third-order valence-corrected chi connectivity index (χ3v) is 2.46. The second-order valence-electron chi connectivity index (χ2n) is 3.53. The summed E-state index contributed by atoms with van der Waals surface area (Å²) >= 11 is 0. The summed E-state index contributed by atoms with van der Waals surface area (Å²) in [7, 11) is 0. The number of carbonyl (C=O) groups is 1. The van der Waals surface area contributed by atoms with Crippen molar-refractivity contribution < 1.29 is 14.3 Å². The van der Waals surface area contributed by atoms with Crippen LogP contribution in [0.1, 0.15) is 23.2 Å². The van der Waals surface area contributed by atoms with Gasteiger partial charge in [0.05, 0.1) is 6.20 Å². The number of rotatable bonds is 3. The first kappa shape index (κ1) is 11.3. The van der Waals surface area contributed by atoms with Gasteiger partial charge in [0.15, 0.2) is 5.69 Å². The van der Waals surface area contributed by atoms with E-state index < -0.39 is 5.97 Å². The molecule has 0 unspecified atom stereocenters. The molecule has 1 N–H and O–H groups in total. The van der Waals surface area contributed by atoms with E-state index in [0.29, 0.717) is 17.9 Å². The molecule has 2 rings (SSSR count). The largest absolute Gasteiger partial charge is 0.477 e. The first-order chi connectivity index (χ1) is 8.13. The van der Waals surface area contributed by atoms with Crippen LogP contribution in [0.2, 0.25) is 0 Å². The van der Waals surface area contributed by atoms with Crippen molar-refractivity contribution in [1.29, 1.82) is 0 Å². The molecule has 88 valence electrons. The van der Waals surface area contributed by atoms with E-state index in [9.17, 15) is 9.18 Å². The highest BCUT2D eigenvalue weighted by Gasteiger charge is 2.15. The highest BCUT2D eigenvalue weighted by Crippen LogP contribution is 2.16. The summed E-state index contributed by atoms with van der Waals surface area (Å²) in [5.74, 6) is -0.778. The number of aromatic nitrogens is 2. The van der Waals surface area contributed by atoms with Gasteiger partial charge in [0, 0.05) is 12.1 Å². The van der Waals surface area contributed by atoms with E-state index >= 15 is 0 Å². The molecule has 0 saturated carbocycles. The molecule has 4 nitrogen and oxygen atoms in total. The van der Waals surface area contributed by atoms with E-state index in [1.54, 1.807) is 0 Å². The molecule has 0 fully saturated rings. The monoisotopic (exact) mass is 234 g/mol. The topological polar surface area (TPSA) is 55.1 Å². The highest BCUT2D eigenvalue weighted by molar-refractivity contribution is 5.86. The Bertz CT molecular complexity index is 546. The van der Waals surface area contributed by atoms with Crippen molar-refractivity contribution in [3.05, 3.63) is 47.8 Å². The number of carboxylic acid groups (broad SMARTS) is 1. The fraction of sp³-hybridized carbons (Fsp3) is 0.167. The Morgan fingerprint density at radius 2 is 2.06 bits per heavy atom. The summed E-state index contributed by atoms with van der Waals surface area (Å²) in [6.45, 7) is 1.88. The van der Waals surface area contributed by atoms with E-state index in [-0.39, 0.29) is 11.5 Å². The molecule has 0 atom stereocenters. The Labute approximate surface area is 97.3 Å². The van der Waals surface area contributed by atoms with Gasteiger partial charge in [-0.2, -0.15) is 0 Å². The number of nitrogens with zero attached hydrogens (tertiary/aromatic N) is 2. The maximum absolute atomic E-state index is 12.8. The first-order valence-corrected chi connectivity index (χ1v) is 5.19. The molecule has 0 bridgehead atoms. The van der Waals surface area contributed by atoms with E-state index in [4.69, 9.17) is 5.11 Å². The normalized spacial score (nSPS) is 10.5. The number of imidazole rings is 1. The minimum absolute atomic E-state index is 0.0773. The van der Waals surface area contributed by atoms with Crippen molar-refractivity contribution >= 4 is 5.97 Å². The van der Waals surface area contributed by atoms with Crippen LogP contribution in [-0.4, -0.2) is 20.6 Å². The van der Waals surface area contributed by atoms with Crippen molar-refractivity contribution in [3.8, 4) is 5.69 Å². The van der Waals surface area contributed by atoms with Crippen LogP contribution >= 0.6 is 0 Å². The van der Waals surface area contributed by atoms with Crippen LogP contribution in [0, 0.1) is 5.82 Å². The van der Waals surface area contributed by atoms with Gasteiger partial charge >= 0.3 is 5.97 Å². The Morgan fingerprint density at radius 3 is 2.59 bits per heavy atom. The predicted molar refractivity (Wildman–Crippen MR) is 59.9 cm³/mol. The molecule has 1 heterocycles. The molecule has 5 heteroatoms. The number of aryl methyl sites for hydroxylation is 1. The van der Waals surface area contributed by atoms with Crippen molar-refractivity contribution in [3.63, 3.8) is 0 Å². The molecule has 0 aliphatic rings. The molecule has 1 aromatic heterocycles. The third-order valence-electron chi connectivity index (χ3n) is 2.46. The van der Waals surface area contributed by atoms with Crippen LogP contribution in [0.5, 0.6) is 0 Å². The number of halogens is 1. The summed E-state index contributed by atoms with van der Waals surface area (Å²) < 4.78 is 14.3. The van der Waals surface area contributed by atoms with Crippen LogP contribution in [0.3, 0.4) is 0 Å². The Kier molecular flexibility index (Phi) is 2.91. The molecular formula is C12H11FN2O2. The van der Waals surface area contributed by atoms with Gasteiger partial charge in [-0.3, -0.25) is 4.57 Å². The zero-order valence-corrected chi connectivity index (χ0v) is 9.22. The second-order valence-corrected chi connectivity index (χ2v) is 3.53. The van der Waals surface area contributed by atoms with E-state index in [1.807, 2.05) is 6.92 Å². The minimum Gasteiger partial charge on any atom is -0.477 e. The van der Waals surface area contributed by atoms with Crippen LogP contribution in [0.25, 0.3) is 5.69 Å². The zero-order valence-electron chi connectivity index (χ0n) is 9.22. The van der Waals surface area contributed by atoms with Gasteiger partial charge in [-0.25, -0.2) is 14.2 Å². The molecule has 0 amide bonds. The van der Waals surface area contributed by atoms with Crippen molar-refractivity contribution in [2.75, 3.05) is 0 Å². The van der Waals surface area contributed by atoms with Crippen molar-refractivity contribution in [2.24, 2.45) is 0 Å². The fourth-order valence-corrected chi connectivity index (χ4v) is 1.67. The summed E-state index contributed by atoms with van der Waals surface area (Å²) in [6.07, 6.45) is 1.91. The van der Waals surface area contributed by atoms with Gasteiger partial charge < -0.3 is 5.11 Å². The van der Waals surface area contributed by atoms with Gasteiger partial charge in [-0.05, 0) is 24.3 Å². The molecule has 0 spiro atoms. The van der Waals surface area contributed by atoms with Crippen LogP contribution in [0.15, 0.2) is 30.5 Å². The number of aromatic carboxylic acids is 1. The standard InChI is InChI=1S/C12H11FN2O2/c1-2-11-14-7-10(12(16)17)15(11)9-5-3-8(13)4-6-9/h3-7H,2H2,1H3,(H,16,17). The number of hydrogen-bond acceptors (Lipinski definition) is 2. The van der Waals surface area contributed by atoms with Gasteiger partial charge in [0.2, 0.25) is 0 Å². The average molecular weight is 234 g/mol. The average Bonchev–Trinajstić information content (AvgIpc) is 2.73. The van der Waals surface area contributed by atoms with E-state index in [2.05, 4.69) is 4.98 Å². The lowest BCUT2D eigenvalue weighted by molar-refractivity contribution is 0.0688. The molecule has 0 aliphatic heterocycles. The number of hydrogen-bond donors (Lipinski definition) is 1. The second kappa shape index (κ2) is 4.37. The summed E-state index contributed by atoms with van der Waals surface area (Å²) in [5.41, 5.74) is 0.673. The zero-order chi connectivity index (χ0) is 12.4.